The van der Waals surface area contributed by atoms with Gasteiger partial charge in [0.05, 0.1) is 24.7 Å². The normalized spacial score (nSPS) is 16.3. The van der Waals surface area contributed by atoms with Crippen molar-refractivity contribution in [2.75, 3.05) is 27.4 Å². The van der Waals surface area contributed by atoms with E-state index >= 15 is 0 Å². The average Bonchev–Trinajstić information content (AvgIpc) is 3.16. The Labute approximate surface area is 172 Å². The van der Waals surface area contributed by atoms with Crippen molar-refractivity contribution in [3.63, 3.8) is 0 Å². The van der Waals surface area contributed by atoms with Crippen molar-refractivity contribution in [3.05, 3.63) is 51.5 Å². The van der Waals surface area contributed by atoms with Gasteiger partial charge < -0.3 is 19.1 Å². The van der Waals surface area contributed by atoms with Gasteiger partial charge >= 0.3 is 0 Å². The van der Waals surface area contributed by atoms with Crippen LogP contribution in [0.1, 0.15) is 24.4 Å². The van der Waals surface area contributed by atoms with E-state index in [1.807, 2.05) is 23.1 Å². The molecule has 1 heterocycles. The summed E-state index contributed by atoms with van der Waals surface area (Å²) in [6.07, 6.45) is 1.83. The van der Waals surface area contributed by atoms with E-state index in [9.17, 15) is 4.79 Å². The van der Waals surface area contributed by atoms with E-state index in [2.05, 4.69) is 15.9 Å². The molecule has 1 aliphatic rings. The Morgan fingerprint density at radius 3 is 2.70 bits per heavy atom. The van der Waals surface area contributed by atoms with Gasteiger partial charge in [-0.3, -0.25) is 4.79 Å². The molecule has 0 aliphatic carbocycles. The second-order valence-corrected chi connectivity index (χ2v) is 7.51. The monoisotopic (exact) mass is 453 g/mol. The molecule has 0 saturated carbocycles. The van der Waals surface area contributed by atoms with Gasteiger partial charge in [0, 0.05) is 23.2 Å². The van der Waals surface area contributed by atoms with Gasteiger partial charge in [-0.25, -0.2) is 0 Å². The fourth-order valence-corrected chi connectivity index (χ4v) is 4.09. The van der Waals surface area contributed by atoms with Crippen LogP contribution in [-0.4, -0.2) is 38.2 Å². The van der Waals surface area contributed by atoms with Gasteiger partial charge in [-0.15, -0.1) is 0 Å². The minimum Gasteiger partial charge on any atom is -0.497 e. The Morgan fingerprint density at radius 2 is 2.00 bits per heavy atom. The number of likely N-dealkylation sites (tertiary alicyclic amines) is 1. The molecule has 7 heteroatoms. The number of methoxy groups -OCH3 is 2. The lowest BCUT2D eigenvalue weighted by Crippen LogP contribution is -2.34. The highest BCUT2D eigenvalue weighted by atomic mass is 79.9. The minimum absolute atomic E-state index is 0.0318. The first-order valence-corrected chi connectivity index (χ1v) is 9.80. The third-order valence-electron chi connectivity index (χ3n) is 4.62. The summed E-state index contributed by atoms with van der Waals surface area (Å²) < 4.78 is 17.2. The van der Waals surface area contributed by atoms with Gasteiger partial charge in [-0.2, -0.15) is 0 Å². The summed E-state index contributed by atoms with van der Waals surface area (Å²) in [6, 6.07) is 10.9. The van der Waals surface area contributed by atoms with Crippen molar-refractivity contribution in [3.8, 4) is 17.2 Å². The van der Waals surface area contributed by atoms with Crippen LogP contribution in [-0.2, 0) is 4.79 Å². The molecule has 3 rings (SSSR count). The highest BCUT2D eigenvalue weighted by Gasteiger charge is 2.32. The molecule has 1 atom stereocenters. The molecule has 0 bridgehead atoms. The van der Waals surface area contributed by atoms with E-state index in [1.165, 1.54) is 0 Å². The molecule has 1 saturated heterocycles. The summed E-state index contributed by atoms with van der Waals surface area (Å²) in [5.74, 6) is 1.98. The third kappa shape index (κ3) is 4.50. The van der Waals surface area contributed by atoms with E-state index in [4.69, 9.17) is 25.8 Å². The predicted molar refractivity (Wildman–Crippen MR) is 108 cm³/mol. The zero-order valence-electron chi connectivity index (χ0n) is 15.2. The molecule has 2 aromatic rings. The maximum absolute atomic E-state index is 12.8. The Kier molecular flexibility index (Phi) is 6.50. The van der Waals surface area contributed by atoms with Crippen molar-refractivity contribution in [1.29, 1.82) is 0 Å². The lowest BCUT2D eigenvalue weighted by Gasteiger charge is -2.26. The molecule has 2 aromatic carbocycles. The molecular weight excluding hydrogens is 434 g/mol. The van der Waals surface area contributed by atoms with Crippen molar-refractivity contribution in [1.82, 2.24) is 4.90 Å². The summed E-state index contributed by atoms with van der Waals surface area (Å²) in [4.78, 5) is 14.7. The maximum Gasteiger partial charge on any atom is 0.261 e. The number of halogens is 2. The first-order valence-electron chi connectivity index (χ1n) is 8.62. The van der Waals surface area contributed by atoms with Crippen molar-refractivity contribution < 1.29 is 19.0 Å². The smallest absolute Gasteiger partial charge is 0.261 e. The van der Waals surface area contributed by atoms with E-state index in [0.29, 0.717) is 17.3 Å². The molecule has 5 nitrogen and oxygen atoms in total. The van der Waals surface area contributed by atoms with Crippen molar-refractivity contribution in [2.24, 2.45) is 0 Å². The average molecular weight is 455 g/mol. The molecule has 0 radical (unpaired) electrons. The Balaban J connectivity index is 1.73. The van der Waals surface area contributed by atoms with Crippen LogP contribution in [0.5, 0.6) is 17.2 Å². The second kappa shape index (κ2) is 8.85. The minimum atomic E-state index is -0.0581. The molecule has 1 amide bonds. The van der Waals surface area contributed by atoms with E-state index in [1.54, 1.807) is 32.4 Å². The zero-order valence-corrected chi connectivity index (χ0v) is 17.5. The second-order valence-electron chi connectivity index (χ2n) is 6.22. The molecule has 0 spiro atoms. The number of hydrogen-bond donors (Lipinski definition) is 0. The molecule has 1 aliphatic heterocycles. The molecule has 0 aromatic heterocycles. The Hall–Kier alpha value is -1.92. The number of carbonyl (C=O) groups is 1. The van der Waals surface area contributed by atoms with Crippen LogP contribution in [0.25, 0.3) is 0 Å². The highest BCUT2D eigenvalue weighted by molar-refractivity contribution is 9.10. The topological polar surface area (TPSA) is 48.0 Å². The first-order chi connectivity index (χ1) is 13.0. The largest absolute Gasteiger partial charge is 0.497 e. The Morgan fingerprint density at radius 1 is 1.19 bits per heavy atom. The maximum atomic E-state index is 12.8. The number of benzene rings is 2. The number of hydrogen-bond acceptors (Lipinski definition) is 4. The quantitative estimate of drug-likeness (QED) is 0.625. The van der Waals surface area contributed by atoms with Gasteiger partial charge in [0.2, 0.25) is 0 Å². The Bertz CT molecular complexity index is 830. The summed E-state index contributed by atoms with van der Waals surface area (Å²) >= 11 is 9.34. The van der Waals surface area contributed by atoms with Crippen molar-refractivity contribution in [2.45, 2.75) is 18.9 Å². The fraction of sp³-hybridized carbons (Fsp3) is 0.350. The van der Waals surface area contributed by atoms with Gasteiger partial charge in [0.1, 0.15) is 17.2 Å². The SMILES string of the molecule is COc1ccc(C2CCCN2C(=O)COc2ccc(Cl)cc2Br)c(OC)c1. The molecule has 1 unspecified atom stereocenters. The van der Waals surface area contributed by atoms with E-state index in [0.717, 1.165) is 34.4 Å². The van der Waals surface area contributed by atoms with Crippen LogP contribution in [0.15, 0.2) is 40.9 Å². The molecule has 27 heavy (non-hydrogen) atoms. The standard InChI is InChI=1S/C20H21BrClNO4/c1-25-14-6-7-15(19(11-14)26-2)17-4-3-9-23(17)20(24)12-27-18-8-5-13(22)10-16(18)21/h5-8,10-11,17H,3-4,9,12H2,1-2H3. The van der Waals surface area contributed by atoms with E-state index < -0.39 is 0 Å². The van der Waals surface area contributed by atoms with Crippen LogP contribution < -0.4 is 14.2 Å². The zero-order chi connectivity index (χ0) is 19.4. The highest BCUT2D eigenvalue weighted by Crippen LogP contribution is 2.38. The number of amides is 1. The molecule has 1 fully saturated rings. The number of nitrogens with zero attached hydrogens (tertiary/aromatic N) is 1. The predicted octanol–water partition coefficient (Wildman–Crippen LogP) is 4.86. The number of ether oxygens (including phenoxy) is 3. The van der Waals surface area contributed by atoms with Crippen LogP contribution in [0.3, 0.4) is 0 Å². The van der Waals surface area contributed by atoms with Gasteiger partial charge in [-0.1, -0.05) is 11.6 Å². The van der Waals surface area contributed by atoms with Crippen LogP contribution in [0, 0.1) is 0 Å². The number of carbonyl (C=O) groups excluding carboxylic acids is 1. The molecule has 0 N–H and O–H groups in total. The first kappa shape index (κ1) is 19.8. The lowest BCUT2D eigenvalue weighted by molar-refractivity contribution is -0.134. The lowest BCUT2D eigenvalue weighted by atomic mass is 10.0. The van der Waals surface area contributed by atoms with Gasteiger partial charge in [0.15, 0.2) is 6.61 Å². The van der Waals surface area contributed by atoms with Crippen LogP contribution in [0.2, 0.25) is 5.02 Å². The molecule has 144 valence electrons. The van der Waals surface area contributed by atoms with Gasteiger partial charge in [0.25, 0.3) is 5.91 Å². The fourth-order valence-electron chi connectivity index (χ4n) is 3.30. The van der Waals surface area contributed by atoms with E-state index in [-0.39, 0.29) is 18.6 Å². The summed E-state index contributed by atoms with van der Waals surface area (Å²) in [7, 11) is 3.24. The molecular formula is C20H21BrClNO4. The van der Waals surface area contributed by atoms with Crippen molar-refractivity contribution >= 4 is 33.4 Å². The summed E-state index contributed by atoms with van der Waals surface area (Å²) in [5.41, 5.74) is 0.983. The number of rotatable bonds is 6. The van der Waals surface area contributed by atoms with Crippen LogP contribution >= 0.6 is 27.5 Å². The summed E-state index contributed by atoms with van der Waals surface area (Å²) in [6.45, 7) is 0.666. The third-order valence-corrected chi connectivity index (χ3v) is 5.47. The summed E-state index contributed by atoms with van der Waals surface area (Å²) in [5, 5.41) is 0.603. The van der Waals surface area contributed by atoms with Crippen LogP contribution in [0.4, 0.5) is 0 Å². The van der Waals surface area contributed by atoms with Gasteiger partial charge in [-0.05, 0) is 59.1 Å².